The van der Waals surface area contributed by atoms with Crippen molar-refractivity contribution in [3.8, 4) is 0 Å². The van der Waals surface area contributed by atoms with E-state index in [-0.39, 0.29) is 5.91 Å². The van der Waals surface area contributed by atoms with Crippen molar-refractivity contribution in [2.75, 3.05) is 0 Å². The lowest BCUT2D eigenvalue weighted by atomic mass is 10.1. The summed E-state index contributed by atoms with van der Waals surface area (Å²) in [6, 6.07) is 10.2. The first-order chi connectivity index (χ1) is 10.6. The number of hydrogen-bond donors (Lipinski definition) is 1. The molecule has 0 bridgehead atoms. The van der Waals surface area contributed by atoms with Gasteiger partial charge in [0.1, 0.15) is 13.0 Å². The standard InChI is InChI=1S/C13H14N2O.C2HF3O2/c1-10(16)14-9-11-7-8-15(2)13-6-4-3-5-12(11)13;3-2(4,5)1(6)7/h3-8H,9H2,1-2H3;(H,6,7). The molecule has 0 saturated carbocycles. The molecule has 0 radical (unpaired) electrons. The van der Waals surface area contributed by atoms with Gasteiger partial charge in [0.25, 0.3) is 0 Å². The van der Waals surface area contributed by atoms with Crippen LogP contribution >= 0.6 is 0 Å². The van der Waals surface area contributed by atoms with Gasteiger partial charge in [-0.15, -0.1) is 0 Å². The fourth-order valence-electron chi connectivity index (χ4n) is 1.80. The number of nitrogens with one attached hydrogen (secondary N) is 1. The Kier molecular flexibility index (Phi) is 6.06. The van der Waals surface area contributed by atoms with Crippen molar-refractivity contribution in [1.29, 1.82) is 0 Å². The smallest absolute Gasteiger partial charge is 0.430 e. The van der Waals surface area contributed by atoms with Crippen LogP contribution in [0.4, 0.5) is 13.2 Å². The first-order valence-electron chi connectivity index (χ1n) is 6.51. The van der Waals surface area contributed by atoms with Gasteiger partial charge in [0.05, 0.1) is 5.39 Å². The quantitative estimate of drug-likeness (QED) is 0.821. The molecular weight excluding hydrogens is 313 g/mol. The lowest BCUT2D eigenvalue weighted by Crippen LogP contribution is -2.37. The third kappa shape index (κ3) is 5.57. The number of carbonyl (C=O) groups is 2. The number of benzene rings is 1. The summed E-state index contributed by atoms with van der Waals surface area (Å²) < 4.78 is 33.6. The first kappa shape index (κ1) is 18.4. The van der Waals surface area contributed by atoms with Gasteiger partial charge in [-0.25, -0.2) is 4.57 Å². The lowest BCUT2D eigenvalue weighted by molar-refractivity contribution is -0.644. The molecule has 2 aromatic rings. The van der Waals surface area contributed by atoms with E-state index in [1.54, 1.807) is 0 Å². The molecule has 1 aromatic heterocycles. The molecule has 0 aliphatic rings. The number of aromatic nitrogens is 1. The van der Waals surface area contributed by atoms with Gasteiger partial charge in [-0.2, -0.15) is 13.2 Å². The van der Waals surface area contributed by atoms with Crippen LogP contribution in [0, 0.1) is 0 Å². The predicted octanol–water partition coefficient (Wildman–Crippen LogP) is 0.599. The second kappa shape index (κ2) is 7.57. The summed E-state index contributed by atoms with van der Waals surface area (Å²) >= 11 is 0. The summed E-state index contributed by atoms with van der Waals surface area (Å²) in [6.45, 7) is 2.11. The number of rotatable bonds is 2. The number of carbonyl (C=O) groups excluding carboxylic acids is 2. The molecule has 8 heteroatoms. The van der Waals surface area contributed by atoms with Gasteiger partial charge in [0, 0.05) is 25.6 Å². The van der Waals surface area contributed by atoms with Crippen LogP contribution in [0.1, 0.15) is 12.5 Å². The van der Waals surface area contributed by atoms with Crippen molar-refractivity contribution in [3.05, 3.63) is 42.1 Å². The van der Waals surface area contributed by atoms with Crippen LogP contribution in [-0.2, 0) is 23.2 Å². The van der Waals surface area contributed by atoms with Gasteiger partial charge >= 0.3 is 6.18 Å². The Bertz CT molecular complexity index is 715. The molecule has 5 nitrogen and oxygen atoms in total. The van der Waals surface area contributed by atoms with Gasteiger partial charge in [-0.3, -0.25) is 4.79 Å². The van der Waals surface area contributed by atoms with Gasteiger partial charge in [-0.1, -0.05) is 12.1 Å². The normalized spacial score (nSPS) is 10.7. The topological polar surface area (TPSA) is 73.1 Å². The van der Waals surface area contributed by atoms with E-state index in [2.05, 4.69) is 22.0 Å². The number of nitrogens with zero attached hydrogens (tertiary/aromatic N) is 1. The number of aryl methyl sites for hydroxylation is 1. The summed E-state index contributed by atoms with van der Waals surface area (Å²) in [4.78, 5) is 19.7. The Morgan fingerprint density at radius 3 is 2.30 bits per heavy atom. The minimum absolute atomic E-state index is 0.00249. The Balaban J connectivity index is 0.000000322. The molecule has 0 aliphatic carbocycles. The molecule has 0 aliphatic heterocycles. The number of para-hydroxylation sites is 1. The van der Waals surface area contributed by atoms with E-state index in [9.17, 15) is 18.0 Å². The van der Waals surface area contributed by atoms with E-state index < -0.39 is 12.1 Å². The predicted molar refractivity (Wildman–Crippen MR) is 73.7 cm³/mol. The van der Waals surface area contributed by atoms with Crippen molar-refractivity contribution in [3.63, 3.8) is 0 Å². The highest BCUT2D eigenvalue weighted by molar-refractivity contribution is 5.80. The van der Waals surface area contributed by atoms with E-state index in [0.717, 1.165) is 5.56 Å². The Morgan fingerprint density at radius 2 is 1.78 bits per heavy atom. The lowest BCUT2D eigenvalue weighted by Gasteiger charge is -2.05. The Hall–Kier alpha value is -2.64. The third-order valence-electron chi connectivity index (χ3n) is 2.89. The van der Waals surface area contributed by atoms with E-state index in [1.165, 1.54) is 17.8 Å². The maximum atomic E-state index is 10.9. The van der Waals surface area contributed by atoms with Crippen LogP contribution in [-0.4, -0.2) is 18.1 Å². The number of aliphatic carboxylic acids is 1. The Morgan fingerprint density at radius 1 is 1.22 bits per heavy atom. The zero-order valence-corrected chi connectivity index (χ0v) is 12.5. The fraction of sp³-hybridized carbons (Fsp3) is 0.267. The van der Waals surface area contributed by atoms with E-state index in [1.807, 2.05) is 31.4 Å². The SMILES string of the molecule is CC(=O)NCc1cc[n+](C)c2ccccc12.O=C([O-])C(F)(F)F. The van der Waals surface area contributed by atoms with Crippen molar-refractivity contribution in [2.45, 2.75) is 19.6 Å². The zero-order valence-electron chi connectivity index (χ0n) is 12.5. The van der Waals surface area contributed by atoms with E-state index >= 15 is 0 Å². The summed E-state index contributed by atoms with van der Waals surface area (Å²) in [5.41, 5.74) is 2.31. The number of carboxylic acids is 1. The molecule has 0 unspecified atom stereocenters. The van der Waals surface area contributed by atoms with Gasteiger partial charge in [-0.05, 0) is 11.6 Å². The molecule has 1 heterocycles. The maximum Gasteiger partial charge on any atom is 0.430 e. The highest BCUT2D eigenvalue weighted by Crippen LogP contribution is 2.14. The van der Waals surface area contributed by atoms with Crippen LogP contribution < -0.4 is 15.0 Å². The van der Waals surface area contributed by atoms with Crippen LogP contribution in [0.2, 0.25) is 0 Å². The third-order valence-corrected chi connectivity index (χ3v) is 2.89. The minimum Gasteiger partial charge on any atom is -0.542 e. The number of halogens is 3. The molecule has 1 aromatic carbocycles. The summed E-state index contributed by atoms with van der Waals surface area (Å²) in [6.07, 6.45) is -3.18. The number of pyridine rings is 1. The monoisotopic (exact) mass is 328 g/mol. The molecular formula is C15H15F3N2O3. The molecule has 0 saturated heterocycles. The molecule has 0 spiro atoms. The van der Waals surface area contributed by atoms with Crippen LogP contribution in [0.15, 0.2) is 36.5 Å². The average molecular weight is 328 g/mol. The molecule has 23 heavy (non-hydrogen) atoms. The molecule has 1 amide bonds. The second-order valence-electron chi connectivity index (χ2n) is 4.66. The molecule has 1 N–H and O–H groups in total. The van der Waals surface area contributed by atoms with Crippen LogP contribution in [0.3, 0.4) is 0 Å². The molecule has 2 rings (SSSR count). The van der Waals surface area contributed by atoms with Gasteiger partial charge in [0.2, 0.25) is 11.4 Å². The van der Waals surface area contributed by atoms with Crippen molar-refractivity contribution in [1.82, 2.24) is 5.32 Å². The Labute approximate surface area is 130 Å². The van der Waals surface area contributed by atoms with E-state index in [0.29, 0.717) is 6.54 Å². The van der Waals surface area contributed by atoms with Gasteiger partial charge < -0.3 is 15.2 Å². The highest BCUT2D eigenvalue weighted by atomic mass is 19.4. The average Bonchev–Trinajstić information content (AvgIpc) is 2.46. The first-order valence-corrected chi connectivity index (χ1v) is 6.51. The molecule has 0 atom stereocenters. The summed E-state index contributed by atoms with van der Waals surface area (Å²) in [7, 11) is 2.02. The van der Waals surface area contributed by atoms with Gasteiger partial charge in [0.15, 0.2) is 6.20 Å². The summed E-state index contributed by atoms with van der Waals surface area (Å²) in [5, 5.41) is 12.8. The number of hydrogen-bond acceptors (Lipinski definition) is 3. The number of fused-ring (bicyclic) bond motifs is 1. The number of amides is 1. The van der Waals surface area contributed by atoms with Crippen LogP contribution in [0.5, 0.6) is 0 Å². The molecule has 0 fully saturated rings. The number of carboxylic acid groups (broad SMARTS) is 1. The van der Waals surface area contributed by atoms with Crippen molar-refractivity contribution < 1.29 is 32.4 Å². The highest BCUT2D eigenvalue weighted by Gasteiger charge is 2.28. The maximum absolute atomic E-state index is 10.9. The minimum atomic E-state index is -5.19. The largest absolute Gasteiger partial charge is 0.542 e. The zero-order chi connectivity index (χ0) is 17.6. The van der Waals surface area contributed by atoms with Crippen molar-refractivity contribution in [2.24, 2.45) is 7.05 Å². The van der Waals surface area contributed by atoms with Crippen molar-refractivity contribution >= 4 is 22.8 Å². The second-order valence-corrected chi connectivity index (χ2v) is 4.66. The van der Waals surface area contributed by atoms with Crippen LogP contribution in [0.25, 0.3) is 10.9 Å². The van der Waals surface area contributed by atoms with E-state index in [4.69, 9.17) is 9.90 Å². The number of alkyl halides is 3. The molecule has 124 valence electrons. The fourth-order valence-corrected chi connectivity index (χ4v) is 1.80. The summed E-state index contributed by atoms with van der Waals surface area (Å²) in [5.74, 6) is -3.01.